The normalized spacial score (nSPS) is 12.8. The van der Waals surface area contributed by atoms with Crippen molar-refractivity contribution in [3.63, 3.8) is 0 Å². The van der Waals surface area contributed by atoms with Gasteiger partial charge in [0, 0.05) is 34.0 Å². The maximum Gasteiger partial charge on any atom is 0.418 e. The molecule has 3 aromatic heterocycles. The van der Waals surface area contributed by atoms with E-state index in [4.69, 9.17) is 4.74 Å². The minimum absolute atomic E-state index is 0.237. The van der Waals surface area contributed by atoms with Gasteiger partial charge in [-0.1, -0.05) is 18.2 Å². The van der Waals surface area contributed by atoms with E-state index in [0.717, 1.165) is 20.7 Å². The van der Waals surface area contributed by atoms with Crippen molar-refractivity contribution in [1.29, 1.82) is 0 Å². The molecule has 1 N–H and O–H groups in total. The van der Waals surface area contributed by atoms with E-state index in [2.05, 4.69) is 9.97 Å². The first-order valence-electron chi connectivity index (χ1n) is 9.07. The second-order valence-corrected chi connectivity index (χ2v) is 7.82. The van der Waals surface area contributed by atoms with E-state index in [1.54, 1.807) is 19.4 Å². The van der Waals surface area contributed by atoms with Crippen LogP contribution in [-0.4, -0.2) is 28.4 Å². The van der Waals surface area contributed by atoms with Crippen LogP contribution in [0.4, 0.5) is 13.2 Å². The molecule has 154 valence electrons. The minimum Gasteiger partial charge on any atom is -0.495 e. The third kappa shape index (κ3) is 4.01. The Labute approximate surface area is 174 Å². The number of thiophene rings is 1. The molecule has 0 bridgehead atoms. The summed E-state index contributed by atoms with van der Waals surface area (Å²) in [4.78, 5) is 9.67. The van der Waals surface area contributed by atoms with Crippen LogP contribution in [-0.2, 0) is 6.42 Å². The number of nitrogens with zero attached hydrogens (tertiary/aromatic N) is 2. The van der Waals surface area contributed by atoms with E-state index in [-0.39, 0.29) is 5.56 Å². The minimum atomic E-state index is -4.73. The van der Waals surface area contributed by atoms with Gasteiger partial charge in [0.2, 0.25) is 0 Å². The maximum atomic E-state index is 12.9. The summed E-state index contributed by atoms with van der Waals surface area (Å²) in [5.41, 5.74) is 1.67. The van der Waals surface area contributed by atoms with Crippen LogP contribution < -0.4 is 4.74 Å². The summed E-state index contributed by atoms with van der Waals surface area (Å²) in [6.45, 7) is 0. The van der Waals surface area contributed by atoms with Crippen molar-refractivity contribution in [2.24, 2.45) is 0 Å². The number of pyridine rings is 2. The fraction of sp³-hybridized carbons (Fsp3) is 0.182. The summed E-state index contributed by atoms with van der Waals surface area (Å²) in [6, 6.07) is 13.7. The van der Waals surface area contributed by atoms with Crippen LogP contribution in [0.2, 0.25) is 0 Å². The molecule has 4 rings (SSSR count). The van der Waals surface area contributed by atoms with Crippen molar-refractivity contribution in [1.82, 2.24) is 9.97 Å². The Morgan fingerprint density at radius 3 is 2.67 bits per heavy atom. The molecule has 0 aliphatic rings. The monoisotopic (exact) mass is 430 g/mol. The molecule has 0 aliphatic carbocycles. The Hall–Kier alpha value is -2.97. The molecule has 3 heterocycles. The summed E-state index contributed by atoms with van der Waals surface area (Å²) in [5.74, 6) is 0.700. The SMILES string of the molecule is COc1cccnc1Cc1cc2cccc(-c3cc([C@@H](O)C(F)(F)F)ccn3)c2s1. The lowest BCUT2D eigenvalue weighted by Crippen LogP contribution is -2.20. The van der Waals surface area contributed by atoms with Crippen LogP contribution in [0.1, 0.15) is 22.2 Å². The highest BCUT2D eigenvalue weighted by molar-refractivity contribution is 7.19. The molecular weight excluding hydrogens is 413 g/mol. The van der Waals surface area contributed by atoms with Crippen LogP contribution >= 0.6 is 11.3 Å². The second kappa shape index (κ2) is 8.04. The molecule has 1 atom stereocenters. The summed E-state index contributed by atoms with van der Waals surface area (Å²) < 4.78 is 45.0. The largest absolute Gasteiger partial charge is 0.495 e. The van der Waals surface area contributed by atoms with Crippen molar-refractivity contribution in [2.75, 3.05) is 7.11 Å². The topological polar surface area (TPSA) is 55.2 Å². The number of halogens is 3. The molecule has 1 aromatic carbocycles. The van der Waals surface area contributed by atoms with Gasteiger partial charge in [0.15, 0.2) is 6.10 Å². The van der Waals surface area contributed by atoms with Gasteiger partial charge < -0.3 is 9.84 Å². The average Bonchev–Trinajstić information content (AvgIpc) is 3.15. The molecule has 8 heteroatoms. The Morgan fingerprint density at radius 1 is 1.07 bits per heavy atom. The summed E-state index contributed by atoms with van der Waals surface area (Å²) in [7, 11) is 1.59. The molecule has 0 fully saturated rings. The van der Waals surface area contributed by atoms with E-state index >= 15 is 0 Å². The lowest BCUT2D eigenvalue weighted by molar-refractivity contribution is -0.206. The summed E-state index contributed by atoms with van der Waals surface area (Å²) in [6.07, 6.45) is -3.72. The van der Waals surface area contributed by atoms with Gasteiger partial charge in [-0.15, -0.1) is 11.3 Å². The van der Waals surface area contributed by atoms with Crippen LogP contribution in [0.15, 0.2) is 60.9 Å². The fourth-order valence-corrected chi connectivity index (χ4v) is 4.45. The maximum absolute atomic E-state index is 12.9. The second-order valence-electron chi connectivity index (χ2n) is 6.68. The molecule has 0 radical (unpaired) electrons. The number of rotatable bonds is 5. The van der Waals surface area contributed by atoms with Gasteiger partial charge in [0.25, 0.3) is 0 Å². The van der Waals surface area contributed by atoms with Crippen LogP contribution in [0.3, 0.4) is 0 Å². The van der Waals surface area contributed by atoms with Crippen molar-refractivity contribution in [3.05, 3.63) is 77.1 Å². The number of aliphatic hydroxyl groups excluding tert-OH is 1. The Morgan fingerprint density at radius 2 is 1.90 bits per heavy atom. The third-order valence-electron chi connectivity index (χ3n) is 4.69. The van der Waals surface area contributed by atoms with Crippen molar-refractivity contribution in [3.8, 4) is 17.0 Å². The molecule has 0 spiro atoms. The number of aromatic nitrogens is 2. The molecule has 0 amide bonds. The van der Waals surface area contributed by atoms with E-state index < -0.39 is 12.3 Å². The van der Waals surface area contributed by atoms with Crippen LogP contribution in [0.5, 0.6) is 5.75 Å². The van der Waals surface area contributed by atoms with E-state index in [9.17, 15) is 18.3 Å². The molecule has 4 aromatic rings. The molecule has 0 saturated carbocycles. The Balaban J connectivity index is 1.73. The van der Waals surface area contributed by atoms with Crippen molar-refractivity contribution < 1.29 is 23.0 Å². The number of hydrogen-bond donors (Lipinski definition) is 1. The zero-order valence-corrected chi connectivity index (χ0v) is 16.7. The lowest BCUT2D eigenvalue weighted by atomic mass is 10.0. The van der Waals surface area contributed by atoms with E-state index in [1.807, 2.05) is 30.3 Å². The fourth-order valence-electron chi connectivity index (χ4n) is 3.27. The average molecular weight is 430 g/mol. The number of benzene rings is 1. The zero-order chi connectivity index (χ0) is 21.3. The third-order valence-corrected chi connectivity index (χ3v) is 5.88. The first-order valence-corrected chi connectivity index (χ1v) is 9.89. The summed E-state index contributed by atoms with van der Waals surface area (Å²) >= 11 is 1.53. The van der Waals surface area contributed by atoms with Gasteiger partial charge >= 0.3 is 6.18 Å². The molecule has 0 saturated heterocycles. The number of fused-ring (bicyclic) bond motifs is 1. The quantitative estimate of drug-likeness (QED) is 0.451. The van der Waals surface area contributed by atoms with Crippen molar-refractivity contribution in [2.45, 2.75) is 18.7 Å². The lowest BCUT2D eigenvalue weighted by Gasteiger charge is -2.15. The van der Waals surface area contributed by atoms with Crippen LogP contribution in [0, 0.1) is 0 Å². The number of alkyl halides is 3. The van der Waals surface area contributed by atoms with Gasteiger partial charge in [-0.25, -0.2) is 0 Å². The van der Waals surface area contributed by atoms with E-state index in [0.29, 0.717) is 23.4 Å². The van der Waals surface area contributed by atoms with Gasteiger partial charge in [0.1, 0.15) is 5.75 Å². The molecular formula is C22H17F3N2O2S. The Kier molecular flexibility index (Phi) is 5.44. The predicted molar refractivity (Wildman–Crippen MR) is 110 cm³/mol. The zero-order valence-electron chi connectivity index (χ0n) is 15.8. The van der Waals surface area contributed by atoms with E-state index in [1.165, 1.54) is 29.7 Å². The first-order chi connectivity index (χ1) is 14.4. The highest BCUT2D eigenvalue weighted by Gasteiger charge is 2.39. The summed E-state index contributed by atoms with van der Waals surface area (Å²) in [5, 5.41) is 10.6. The highest BCUT2D eigenvalue weighted by atomic mass is 32.1. The standard InChI is InChI=1S/C22H17F3N2O2S/c1-29-19-6-3-8-26-18(19)12-15-10-13-4-2-5-16(20(13)30-15)17-11-14(7-9-27-17)21(28)22(23,24)25/h2-11,21,28H,12H2,1H3/t21-/m1/s1. The smallest absolute Gasteiger partial charge is 0.418 e. The molecule has 0 aliphatic heterocycles. The van der Waals surface area contributed by atoms with Gasteiger partial charge in [-0.2, -0.15) is 13.2 Å². The number of methoxy groups -OCH3 is 1. The molecule has 0 unspecified atom stereocenters. The number of aliphatic hydroxyl groups is 1. The number of ether oxygens (including phenoxy) is 1. The van der Waals surface area contributed by atoms with Crippen LogP contribution in [0.25, 0.3) is 21.3 Å². The van der Waals surface area contributed by atoms with Gasteiger partial charge in [0.05, 0.1) is 18.5 Å². The van der Waals surface area contributed by atoms with Crippen molar-refractivity contribution >= 4 is 21.4 Å². The predicted octanol–water partition coefficient (Wildman–Crippen LogP) is 5.55. The first kappa shape index (κ1) is 20.3. The number of hydrogen-bond acceptors (Lipinski definition) is 5. The molecule has 30 heavy (non-hydrogen) atoms. The molecule has 4 nitrogen and oxygen atoms in total. The van der Waals surface area contributed by atoms with Gasteiger partial charge in [-0.3, -0.25) is 9.97 Å². The Bertz CT molecular complexity index is 1190. The van der Waals surface area contributed by atoms with Gasteiger partial charge in [-0.05, 0) is 41.3 Å². The highest BCUT2D eigenvalue weighted by Crippen LogP contribution is 2.38.